The molecule has 4 aromatic rings. The molecule has 0 fully saturated rings. The number of anilines is 1. The highest BCUT2D eigenvalue weighted by molar-refractivity contribution is 5.94. The molecular weight excluding hydrogens is 383 g/mol. The van der Waals surface area contributed by atoms with E-state index in [0.717, 1.165) is 23.4 Å². The van der Waals surface area contributed by atoms with Crippen LogP contribution in [0.5, 0.6) is 5.75 Å². The van der Waals surface area contributed by atoms with Gasteiger partial charge in [-0.2, -0.15) is 13.2 Å². The van der Waals surface area contributed by atoms with Crippen molar-refractivity contribution in [3.8, 4) is 28.5 Å². The number of fused-ring (bicyclic) bond motifs is 1. The number of rotatable bonds is 5. The Morgan fingerprint density at radius 1 is 1.17 bits per heavy atom. The van der Waals surface area contributed by atoms with E-state index >= 15 is 0 Å². The zero-order valence-corrected chi connectivity index (χ0v) is 15.7. The Kier molecular flexibility index (Phi) is 4.70. The third-order valence-electron chi connectivity index (χ3n) is 4.64. The Balaban J connectivity index is 1.65. The van der Waals surface area contributed by atoms with Gasteiger partial charge in [-0.25, -0.2) is 4.98 Å². The Morgan fingerprint density at radius 3 is 2.76 bits per heavy atom. The lowest BCUT2D eigenvalue weighted by Crippen LogP contribution is -2.31. The van der Waals surface area contributed by atoms with Crippen molar-refractivity contribution in [3.63, 3.8) is 0 Å². The summed E-state index contributed by atoms with van der Waals surface area (Å²) < 4.78 is 49.1. The van der Waals surface area contributed by atoms with Gasteiger partial charge in [0.1, 0.15) is 17.7 Å². The lowest BCUT2D eigenvalue weighted by Gasteiger charge is -2.19. The first-order valence-corrected chi connectivity index (χ1v) is 8.94. The van der Waals surface area contributed by atoms with Gasteiger partial charge in [-0.05, 0) is 37.3 Å². The van der Waals surface area contributed by atoms with Gasteiger partial charge in [-0.1, -0.05) is 12.1 Å². The number of hydrogen-bond acceptors (Lipinski definition) is 4. The second-order valence-electron chi connectivity index (χ2n) is 6.55. The largest absolute Gasteiger partial charge is 0.479 e. The molecular formula is C21H18F3N3O2. The predicted molar refractivity (Wildman–Crippen MR) is 105 cm³/mol. The maximum Gasteiger partial charge on any atom is 0.425 e. The van der Waals surface area contributed by atoms with Gasteiger partial charge >= 0.3 is 6.18 Å². The molecule has 0 radical (unpaired) electrons. The van der Waals surface area contributed by atoms with Crippen LogP contribution in [0.15, 0.2) is 59.3 Å². The van der Waals surface area contributed by atoms with Crippen LogP contribution in [-0.4, -0.2) is 29.3 Å². The Labute approximate surface area is 164 Å². The van der Waals surface area contributed by atoms with Crippen LogP contribution in [0.2, 0.25) is 0 Å². The number of hydrogen-bond donors (Lipinski definition) is 2. The summed E-state index contributed by atoms with van der Waals surface area (Å²) in [6.45, 7) is 0.968. The summed E-state index contributed by atoms with van der Waals surface area (Å²) in [4.78, 5) is 7.71. The number of alkyl halides is 3. The fourth-order valence-corrected chi connectivity index (χ4v) is 3.06. The summed E-state index contributed by atoms with van der Waals surface area (Å²) in [6.07, 6.45) is -2.95. The molecule has 29 heavy (non-hydrogen) atoms. The summed E-state index contributed by atoms with van der Waals surface area (Å²) in [7, 11) is 1.61. The molecule has 2 N–H and O–H groups in total. The topological polar surface area (TPSA) is 63.1 Å². The van der Waals surface area contributed by atoms with Crippen molar-refractivity contribution in [2.24, 2.45) is 0 Å². The second kappa shape index (κ2) is 7.20. The highest BCUT2D eigenvalue weighted by Gasteiger charge is 2.38. The first kappa shape index (κ1) is 18.9. The average Bonchev–Trinajstić information content (AvgIpc) is 3.36. The molecule has 0 aliphatic heterocycles. The molecule has 150 valence electrons. The third kappa shape index (κ3) is 3.65. The van der Waals surface area contributed by atoms with E-state index in [0.29, 0.717) is 22.8 Å². The van der Waals surface area contributed by atoms with E-state index in [1.54, 1.807) is 25.4 Å². The molecule has 0 amide bonds. The minimum Gasteiger partial charge on any atom is -0.479 e. The highest BCUT2D eigenvalue weighted by atomic mass is 19.4. The number of benzene rings is 2. The number of aromatic nitrogens is 2. The zero-order valence-electron chi connectivity index (χ0n) is 15.7. The molecule has 8 heteroatoms. The van der Waals surface area contributed by atoms with Gasteiger partial charge in [0.05, 0.1) is 5.69 Å². The van der Waals surface area contributed by atoms with Crippen molar-refractivity contribution in [2.45, 2.75) is 19.2 Å². The lowest BCUT2D eigenvalue weighted by atomic mass is 10.1. The first-order valence-electron chi connectivity index (χ1n) is 8.94. The Bertz CT molecular complexity index is 1150. The number of halogens is 3. The number of H-pyrrole nitrogens is 1. The SMILES string of the molecule is CNc1cc(-c2nc(-c3cccc4[nH]ccc34)co2)ccc1OC(C)C(F)(F)F. The molecule has 2 aromatic heterocycles. The van der Waals surface area contributed by atoms with Crippen molar-refractivity contribution in [1.29, 1.82) is 0 Å². The van der Waals surface area contributed by atoms with Gasteiger partial charge in [0.2, 0.25) is 5.89 Å². The van der Waals surface area contributed by atoms with E-state index in [-0.39, 0.29) is 5.75 Å². The van der Waals surface area contributed by atoms with E-state index < -0.39 is 12.3 Å². The fraction of sp³-hybridized carbons (Fsp3) is 0.190. The molecule has 0 aliphatic carbocycles. The average molecular weight is 401 g/mol. The van der Waals surface area contributed by atoms with E-state index in [1.807, 2.05) is 30.5 Å². The number of nitrogens with one attached hydrogen (secondary N) is 2. The number of oxazole rings is 1. The van der Waals surface area contributed by atoms with E-state index in [9.17, 15) is 13.2 Å². The van der Waals surface area contributed by atoms with Gasteiger partial charge in [-0.3, -0.25) is 0 Å². The molecule has 2 heterocycles. The van der Waals surface area contributed by atoms with Crippen molar-refractivity contribution >= 4 is 16.6 Å². The summed E-state index contributed by atoms with van der Waals surface area (Å²) in [5.74, 6) is 0.462. The molecule has 0 spiro atoms. The van der Waals surface area contributed by atoms with E-state index in [1.165, 1.54) is 6.07 Å². The van der Waals surface area contributed by atoms with Gasteiger partial charge in [0.15, 0.2) is 6.10 Å². The second-order valence-corrected chi connectivity index (χ2v) is 6.55. The zero-order chi connectivity index (χ0) is 20.6. The molecule has 0 aliphatic rings. The molecule has 0 bridgehead atoms. The Morgan fingerprint density at radius 2 is 2.00 bits per heavy atom. The molecule has 1 atom stereocenters. The van der Waals surface area contributed by atoms with Crippen molar-refractivity contribution in [1.82, 2.24) is 9.97 Å². The van der Waals surface area contributed by atoms with Crippen molar-refractivity contribution in [3.05, 3.63) is 54.9 Å². The quantitative estimate of drug-likeness (QED) is 0.440. The molecule has 0 saturated heterocycles. The number of aromatic amines is 1. The molecule has 5 nitrogen and oxygen atoms in total. The van der Waals surface area contributed by atoms with E-state index in [4.69, 9.17) is 9.15 Å². The molecule has 1 unspecified atom stereocenters. The van der Waals surface area contributed by atoms with Gasteiger partial charge < -0.3 is 19.5 Å². The summed E-state index contributed by atoms with van der Waals surface area (Å²) in [6, 6.07) is 12.5. The molecule has 2 aromatic carbocycles. The van der Waals surface area contributed by atoms with Crippen LogP contribution in [0, 0.1) is 0 Å². The number of nitrogens with zero attached hydrogens (tertiary/aromatic N) is 1. The van der Waals surface area contributed by atoms with Crippen LogP contribution in [0.4, 0.5) is 18.9 Å². The highest BCUT2D eigenvalue weighted by Crippen LogP contribution is 2.35. The third-order valence-corrected chi connectivity index (χ3v) is 4.64. The first-order chi connectivity index (χ1) is 13.9. The fourth-order valence-electron chi connectivity index (χ4n) is 3.06. The smallest absolute Gasteiger partial charge is 0.425 e. The summed E-state index contributed by atoms with van der Waals surface area (Å²) in [5, 5.41) is 3.88. The molecule has 4 rings (SSSR count). The lowest BCUT2D eigenvalue weighted by molar-refractivity contribution is -0.189. The van der Waals surface area contributed by atoms with Crippen LogP contribution >= 0.6 is 0 Å². The minimum absolute atomic E-state index is 0.102. The van der Waals surface area contributed by atoms with Gasteiger partial charge in [0.25, 0.3) is 0 Å². The summed E-state index contributed by atoms with van der Waals surface area (Å²) in [5.41, 5.74) is 3.61. The number of ether oxygens (including phenoxy) is 1. The van der Waals surface area contributed by atoms with Crippen molar-refractivity contribution in [2.75, 3.05) is 12.4 Å². The molecule has 0 saturated carbocycles. The summed E-state index contributed by atoms with van der Waals surface area (Å²) >= 11 is 0. The van der Waals surface area contributed by atoms with Gasteiger partial charge in [-0.15, -0.1) is 0 Å². The van der Waals surface area contributed by atoms with Crippen LogP contribution in [-0.2, 0) is 0 Å². The predicted octanol–water partition coefficient (Wildman–Crippen LogP) is 5.86. The van der Waals surface area contributed by atoms with Crippen LogP contribution < -0.4 is 10.1 Å². The standard InChI is InChI=1S/C21H18F3N3O2/c1-12(21(22,23)24)29-19-7-6-13(10-17(19)25-2)20-27-18(11-28-20)14-4-3-5-16-15(14)8-9-26-16/h3-12,25-26H,1-2H3. The van der Waals surface area contributed by atoms with Gasteiger partial charge in [0, 0.05) is 35.3 Å². The van der Waals surface area contributed by atoms with Crippen LogP contribution in [0.1, 0.15) is 6.92 Å². The van der Waals surface area contributed by atoms with Crippen molar-refractivity contribution < 1.29 is 22.3 Å². The van der Waals surface area contributed by atoms with Crippen LogP contribution in [0.3, 0.4) is 0 Å². The van der Waals surface area contributed by atoms with Crippen LogP contribution in [0.25, 0.3) is 33.6 Å². The monoisotopic (exact) mass is 401 g/mol. The maximum absolute atomic E-state index is 12.8. The minimum atomic E-state index is -4.44. The normalized spacial score (nSPS) is 12.9. The van der Waals surface area contributed by atoms with E-state index in [2.05, 4.69) is 15.3 Å². The maximum atomic E-state index is 12.8. The Hall–Kier alpha value is -3.42.